The van der Waals surface area contributed by atoms with Gasteiger partial charge in [0.25, 0.3) is 0 Å². The number of aromatic nitrogens is 4. The summed E-state index contributed by atoms with van der Waals surface area (Å²) in [4.78, 5) is 24.9. The highest BCUT2D eigenvalue weighted by Crippen LogP contribution is 2.76. The van der Waals surface area contributed by atoms with Crippen molar-refractivity contribution in [1.29, 1.82) is 0 Å². The van der Waals surface area contributed by atoms with Crippen molar-refractivity contribution in [2.75, 3.05) is 5.73 Å². The van der Waals surface area contributed by atoms with Gasteiger partial charge in [0, 0.05) is 11.8 Å². The minimum absolute atomic E-state index is 0.175. The second-order valence-electron chi connectivity index (χ2n) is 9.23. The van der Waals surface area contributed by atoms with Crippen LogP contribution in [0, 0.1) is 5.41 Å². The number of ether oxygens (including phenoxy) is 1. The number of nitrogens with zero attached hydrogens (tertiary/aromatic N) is 4. The van der Waals surface area contributed by atoms with Crippen molar-refractivity contribution in [3.63, 3.8) is 0 Å². The van der Waals surface area contributed by atoms with E-state index in [0.29, 0.717) is 17.6 Å². The molecule has 170 valence electrons. The van der Waals surface area contributed by atoms with Crippen LogP contribution in [0.5, 0.6) is 0 Å². The maximum Gasteiger partial charge on any atom is 0.169 e. The van der Waals surface area contributed by atoms with Crippen LogP contribution in [-0.4, -0.2) is 64.0 Å². The highest BCUT2D eigenvalue weighted by atomic mass is 16.6. The van der Waals surface area contributed by atoms with Gasteiger partial charge in [-0.2, -0.15) is 0 Å². The molecule has 0 radical (unpaired) electrons. The molecule has 4 rings (SSSR count). The molecule has 2 fully saturated rings. The maximum absolute atomic E-state index is 12.7. The van der Waals surface area contributed by atoms with Crippen molar-refractivity contribution in [1.82, 2.24) is 19.5 Å². The van der Waals surface area contributed by atoms with E-state index >= 15 is 0 Å². The molecule has 0 bridgehead atoms. The van der Waals surface area contributed by atoms with Crippen LogP contribution in [0.4, 0.5) is 5.82 Å². The number of aliphatic hydroxyl groups is 3. The van der Waals surface area contributed by atoms with Gasteiger partial charge in [-0.25, -0.2) is 15.0 Å². The number of unbranched alkanes of at least 4 members (excludes halogenated alkanes) is 4. The molecular formula is C21H31N5O5. The first kappa shape index (κ1) is 22.1. The molecule has 1 saturated heterocycles. The lowest BCUT2D eigenvalue weighted by Crippen LogP contribution is -2.46. The highest BCUT2D eigenvalue weighted by Gasteiger charge is 2.93. The number of nitrogens with two attached hydrogens (primary N) is 1. The van der Waals surface area contributed by atoms with Gasteiger partial charge in [-0.15, -0.1) is 0 Å². The smallest absolute Gasteiger partial charge is 0.169 e. The van der Waals surface area contributed by atoms with E-state index in [9.17, 15) is 20.1 Å². The summed E-state index contributed by atoms with van der Waals surface area (Å²) in [5.74, 6) is -0.225. The van der Waals surface area contributed by atoms with E-state index in [2.05, 4.69) is 21.9 Å². The second kappa shape index (κ2) is 7.47. The number of carbonyl (C=O) groups excluding carboxylic acids is 1. The molecular weight excluding hydrogens is 402 g/mol. The van der Waals surface area contributed by atoms with Crippen LogP contribution in [0.2, 0.25) is 0 Å². The summed E-state index contributed by atoms with van der Waals surface area (Å²) in [6.07, 6.45) is 3.75. The van der Waals surface area contributed by atoms with Crippen LogP contribution in [0.15, 0.2) is 12.7 Å². The van der Waals surface area contributed by atoms with Crippen LogP contribution in [-0.2, 0) is 9.53 Å². The van der Waals surface area contributed by atoms with Crippen molar-refractivity contribution >= 4 is 22.8 Å². The summed E-state index contributed by atoms with van der Waals surface area (Å²) in [5.41, 5.74) is 1.92. The summed E-state index contributed by atoms with van der Waals surface area (Å²) in [6.45, 7) is 5.48. The minimum atomic E-state index is -1.81. The number of aliphatic hydroxyl groups excluding tert-OH is 1. The Bertz CT molecular complexity index is 994. The van der Waals surface area contributed by atoms with Gasteiger partial charge >= 0.3 is 0 Å². The Balaban J connectivity index is 1.59. The van der Waals surface area contributed by atoms with E-state index in [-0.39, 0.29) is 12.2 Å². The molecule has 2 aliphatic rings. The number of anilines is 1. The molecule has 1 aliphatic carbocycles. The molecule has 2 aromatic heterocycles. The summed E-state index contributed by atoms with van der Waals surface area (Å²) in [7, 11) is 0. The Kier molecular flexibility index (Phi) is 5.32. The Hall–Kier alpha value is -2.14. The lowest BCUT2D eigenvalue weighted by molar-refractivity contribution is -0.160. The van der Waals surface area contributed by atoms with Crippen LogP contribution >= 0.6 is 0 Å². The number of nitrogen functional groups attached to an aromatic ring is 1. The standard InChI is InChI=1S/C21H31N5O5/c1-4-5-6-7-8-9-12(27)14(28)15-20(29)19(2,3)21(20,30)18(31-15)26-11-25-13-16(22)23-10-24-17(13)26/h10-11,14-15,18,28-30H,4-9H2,1-3H3,(H2,22,23,24)/t14?,15-,18-,20-,21+/m1/s1. The van der Waals surface area contributed by atoms with Crippen LogP contribution in [0.3, 0.4) is 0 Å². The van der Waals surface area contributed by atoms with Crippen molar-refractivity contribution < 1.29 is 24.9 Å². The molecule has 0 aromatic carbocycles. The zero-order chi connectivity index (χ0) is 22.6. The largest absolute Gasteiger partial charge is 0.383 e. The number of hydrogen-bond acceptors (Lipinski definition) is 9. The van der Waals surface area contributed by atoms with E-state index in [1.807, 2.05) is 0 Å². The molecule has 1 saturated carbocycles. The first-order valence-corrected chi connectivity index (χ1v) is 10.9. The minimum Gasteiger partial charge on any atom is -0.383 e. The zero-order valence-corrected chi connectivity index (χ0v) is 18.2. The Morgan fingerprint density at radius 2 is 1.90 bits per heavy atom. The van der Waals surface area contributed by atoms with Gasteiger partial charge in [-0.3, -0.25) is 9.36 Å². The molecule has 10 nitrogen and oxygen atoms in total. The topological polar surface area (TPSA) is 157 Å². The summed E-state index contributed by atoms with van der Waals surface area (Å²) in [5, 5.41) is 33.6. The fraction of sp³-hybridized carbons (Fsp3) is 0.714. The van der Waals surface area contributed by atoms with Gasteiger partial charge in [-0.1, -0.05) is 46.5 Å². The Morgan fingerprint density at radius 3 is 2.61 bits per heavy atom. The monoisotopic (exact) mass is 433 g/mol. The molecule has 5 atom stereocenters. The molecule has 0 amide bonds. The number of imidazole rings is 1. The summed E-state index contributed by atoms with van der Waals surface area (Å²) < 4.78 is 7.40. The number of hydrogen-bond donors (Lipinski definition) is 4. The average Bonchev–Trinajstić information content (AvgIpc) is 3.11. The van der Waals surface area contributed by atoms with Crippen molar-refractivity contribution in [2.24, 2.45) is 5.41 Å². The van der Waals surface area contributed by atoms with Crippen LogP contribution in [0.1, 0.15) is 65.5 Å². The summed E-state index contributed by atoms with van der Waals surface area (Å²) in [6, 6.07) is 0. The van der Waals surface area contributed by atoms with Gasteiger partial charge in [0.2, 0.25) is 0 Å². The zero-order valence-electron chi connectivity index (χ0n) is 18.2. The average molecular weight is 434 g/mol. The number of ketones is 1. The fourth-order valence-corrected chi connectivity index (χ4v) is 5.13. The van der Waals surface area contributed by atoms with Gasteiger partial charge in [-0.05, 0) is 6.42 Å². The van der Waals surface area contributed by atoms with E-state index < -0.39 is 40.8 Å². The first-order valence-electron chi connectivity index (χ1n) is 10.9. The number of Topliss-reactive ketones (excluding diaryl/α,β-unsaturated/α-hetero) is 1. The lowest BCUT2D eigenvalue weighted by Gasteiger charge is -2.29. The molecule has 2 aromatic rings. The number of fused-ring (bicyclic) bond motifs is 2. The third kappa shape index (κ3) is 2.85. The SMILES string of the molecule is CCCCCCCC(=O)C(O)[C@H]1O[C@@H](n2cnc3c(N)ncnc32)[C@]2(O)C(C)(C)[C@]12O. The molecule has 3 heterocycles. The van der Waals surface area contributed by atoms with Crippen molar-refractivity contribution in [3.05, 3.63) is 12.7 Å². The van der Waals surface area contributed by atoms with Crippen LogP contribution < -0.4 is 5.73 Å². The molecule has 10 heteroatoms. The number of rotatable bonds is 9. The van der Waals surface area contributed by atoms with Crippen LogP contribution in [0.25, 0.3) is 11.2 Å². The van der Waals surface area contributed by atoms with Crippen molar-refractivity contribution in [3.8, 4) is 0 Å². The Labute approximate surface area is 180 Å². The third-order valence-electron chi connectivity index (χ3n) is 7.25. The molecule has 5 N–H and O–H groups in total. The normalized spacial score (nSPS) is 32.2. The first-order chi connectivity index (χ1) is 14.6. The van der Waals surface area contributed by atoms with E-state index in [4.69, 9.17) is 10.5 Å². The van der Waals surface area contributed by atoms with E-state index in [1.165, 1.54) is 17.2 Å². The van der Waals surface area contributed by atoms with E-state index in [0.717, 1.165) is 25.7 Å². The predicted octanol–water partition coefficient (Wildman–Crippen LogP) is 1.10. The highest BCUT2D eigenvalue weighted by molar-refractivity contribution is 5.84. The maximum atomic E-state index is 12.7. The summed E-state index contributed by atoms with van der Waals surface area (Å²) >= 11 is 0. The molecule has 0 spiro atoms. The van der Waals surface area contributed by atoms with Gasteiger partial charge in [0.1, 0.15) is 35.3 Å². The fourth-order valence-electron chi connectivity index (χ4n) is 5.13. The number of carbonyl (C=O) groups is 1. The van der Waals surface area contributed by atoms with Gasteiger partial charge < -0.3 is 25.8 Å². The second-order valence-corrected chi connectivity index (χ2v) is 9.23. The molecule has 1 aliphatic heterocycles. The third-order valence-corrected chi connectivity index (χ3v) is 7.25. The van der Waals surface area contributed by atoms with E-state index in [1.54, 1.807) is 13.8 Å². The van der Waals surface area contributed by atoms with Crippen molar-refractivity contribution in [2.45, 2.75) is 88.9 Å². The quantitative estimate of drug-likeness (QED) is 0.425. The molecule has 1 unspecified atom stereocenters. The van der Waals surface area contributed by atoms with Gasteiger partial charge in [0.15, 0.2) is 23.5 Å². The molecule has 31 heavy (non-hydrogen) atoms. The predicted molar refractivity (Wildman–Crippen MR) is 112 cm³/mol. The van der Waals surface area contributed by atoms with Gasteiger partial charge in [0.05, 0.1) is 6.33 Å². The lowest BCUT2D eigenvalue weighted by atomic mass is 9.94. The Morgan fingerprint density at radius 1 is 1.19 bits per heavy atom.